The predicted molar refractivity (Wildman–Crippen MR) is 73.1 cm³/mol. The van der Waals surface area contributed by atoms with Crippen molar-refractivity contribution in [2.24, 2.45) is 0 Å². The largest absolute Gasteiger partial charge is 0.274 e. The topological polar surface area (TPSA) is 61.2 Å². The van der Waals surface area contributed by atoms with Crippen molar-refractivity contribution in [3.63, 3.8) is 0 Å². The Balaban J connectivity index is 2.12. The van der Waals surface area contributed by atoms with E-state index in [2.05, 4.69) is 0 Å². The summed E-state index contributed by atoms with van der Waals surface area (Å²) in [6, 6.07) is 12.1. The number of benzene rings is 2. The highest BCUT2D eigenvalue weighted by atomic mass is 19.1. The van der Waals surface area contributed by atoms with Crippen molar-refractivity contribution < 1.29 is 14.0 Å². The van der Waals surface area contributed by atoms with Gasteiger partial charge in [0, 0.05) is 5.56 Å². The van der Waals surface area contributed by atoms with E-state index in [9.17, 15) is 14.0 Å². The van der Waals surface area contributed by atoms with Crippen LogP contribution in [0.15, 0.2) is 42.5 Å². The number of carbonyl (C=O) groups excluding carboxylic acids is 2. The fraction of sp³-hybridized carbons (Fsp3) is 0.0625. The molecule has 1 heterocycles. The average molecular weight is 280 g/mol. The first-order chi connectivity index (χ1) is 10.1. The Morgan fingerprint density at radius 2 is 1.90 bits per heavy atom. The monoisotopic (exact) mass is 280 g/mol. The molecule has 1 aliphatic rings. The third kappa shape index (κ3) is 2.17. The maximum atomic E-state index is 13.5. The van der Waals surface area contributed by atoms with E-state index < -0.39 is 17.6 Å². The number of rotatable bonds is 1. The summed E-state index contributed by atoms with van der Waals surface area (Å²) in [4.78, 5) is 25.5. The Morgan fingerprint density at radius 1 is 1.14 bits per heavy atom. The van der Waals surface area contributed by atoms with Gasteiger partial charge in [0.2, 0.25) is 5.91 Å². The summed E-state index contributed by atoms with van der Waals surface area (Å²) in [5.41, 5.74) is 1.21. The summed E-state index contributed by atoms with van der Waals surface area (Å²) < 4.78 is 13.5. The van der Waals surface area contributed by atoms with Crippen LogP contribution in [0.3, 0.4) is 0 Å². The van der Waals surface area contributed by atoms with E-state index in [-0.39, 0.29) is 17.7 Å². The Hall–Kier alpha value is -3.00. The SMILES string of the molecule is N#Cc1cc(F)cc(N2C(=O)Cc3ccccc3C2=O)c1. The molecule has 21 heavy (non-hydrogen) atoms. The van der Waals surface area contributed by atoms with Crippen LogP contribution in [0, 0.1) is 17.1 Å². The summed E-state index contributed by atoms with van der Waals surface area (Å²) >= 11 is 0. The highest BCUT2D eigenvalue weighted by molar-refractivity contribution is 6.24. The number of hydrogen-bond acceptors (Lipinski definition) is 3. The minimum Gasteiger partial charge on any atom is -0.274 e. The number of nitriles is 1. The summed E-state index contributed by atoms with van der Waals surface area (Å²) in [6.07, 6.45) is 0.0698. The number of anilines is 1. The Morgan fingerprint density at radius 3 is 2.67 bits per heavy atom. The number of imide groups is 1. The van der Waals surface area contributed by atoms with Crippen LogP contribution < -0.4 is 4.90 Å². The molecule has 0 unspecified atom stereocenters. The lowest BCUT2D eigenvalue weighted by Crippen LogP contribution is -2.42. The molecule has 102 valence electrons. The maximum Gasteiger partial charge on any atom is 0.265 e. The lowest BCUT2D eigenvalue weighted by molar-refractivity contribution is -0.117. The average Bonchev–Trinajstić information content (AvgIpc) is 2.46. The van der Waals surface area contributed by atoms with Crippen LogP contribution in [0.1, 0.15) is 21.5 Å². The molecule has 0 bridgehead atoms. The van der Waals surface area contributed by atoms with E-state index in [1.54, 1.807) is 30.3 Å². The van der Waals surface area contributed by atoms with Gasteiger partial charge >= 0.3 is 0 Å². The summed E-state index contributed by atoms with van der Waals surface area (Å²) in [6.45, 7) is 0. The molecule has 0 aliphatic carbocycles. The molecule has 0 atom stereocenters. The van der Waals surface area contributed by atoms with Gasteiger partial charge in [-0.1, -0.05) is 18.2 Å². The van der Waals surface area contributed by atoms with Crippen LogP contribution in [0.2, 0.25) is 0 Å². The summed E-state index contributed by atoms with van der Waals surface area (Å²) in [5.74, 6) is -1.60. The zero-order valence-electron chi connectivity index (χ0n) is 10.8. The van der Waals surface area contributed by atoms with Crippen LogP contribution >= 0.6 is 0 Å². The number of hydrogen-bond donors (Lipinski definition) is 0. The zero-order valence-corrected chi connectivity index (χ0v) is 10.8. The molecule has 0 N–H and O–H groups in total. The number of fused-ring (bicyclic) bond motifs is 1. The van der Waals surface area contributed by atoms with E-state index >= 15 is 0 Å². The van der Waals surface area contributed by atoms with Crippen molar-refractivity contribution in [3.05, 3.63) is 65.0 Å². The lowest BCUT2D eigenvalue weighted by atomic mass is 9.98. The molecule has 4 nitrogen and oxygen atoms in total. The molecule has 5 heteroatoms. The van der Waals surface area contributed by atoms with Crippen molar-refractivity contribution in [2.75, 3.05) is 4.90 Å². The molecule has 0 radical (unpaired) electrons. The van der Waals surface area contributed by atoms with E-state index in [0.717, 1.165) is 17.0 Å². The van der Waals surface area contributed by atoms with Crippen molar-refractivity contribution in [1.82, 2.24) is 0 Å². The van der Waals surface area contributed by atoms with Gasteiger partial charge in [-0.3, -0.25) is 9.59 Å². The predicted octanol–water partition coefficient (Wildman–Crippen LogP) is 2.43. The second-order valence-electron chi connectivity index (χ2n) is 4.68. The van der Waals surface area contributed by atoms with Gasteiger partial charge in [-0.15, -0.1) is 0 Å². The van der Waals surface area contributed by atoms with Gasteiger partial charge in [-0.05, 0) is 29.8 Å². The molecule has 2 aromatic rings. The van der Waals surface area contributed by atoms with Crippen LogP contribution in [-0.4, -0.2) is 11.8 Å². The fourth-order valence-electron chi connectivity index (χ4n) is 2.39. The van der Waals surface area contributed by atoms with Crippen molar-refractivity contribution in [2.45, 2.75) is 6.42 Å². The smallest absolute Gasteiger partial charge is 0.265 e. The van der Waals surface area contributed by atoms with Gasteiger partial charge in [0.1, 0.15) is 5.82 Å². The van der Waals surface area contributed by atoms with Gasteiger partial charge < -0.3 is 0 Å². The first kappa shape index (κ1) is 13.0. The Labute approximate surface area is 120 Å². The van der Waals surface area contributed by atoms with Gasteiger partial charge in [0.25, 0.3) is 5.91 Å². The molecule has 2 amide bonds. The third-order valence-electron chi connectivity index (χ3n) is 3.31. The first-order valence-corrected chi connectivity index (χ1v) is 6.26. The Kier molecular flexibility index (Phi) is 2.99. The van der Waals surface area contributed by atoms with Gasteiger partial charge in [-0.25, -0.2) is 9.29 Å². The number of nitrogens with zero attached hydrogens (tertiary/aromatic N) is 2. The number of halogens is 1. The molecule has 0 fully saturated rings. The Bertz CT molecular complexity index is 808. The van der Waals surface area contributed by atoms with Crippen LogP contribution in [-0.2, 0) is 11.2 Å². The molecule has 0 aromatic heterocycles. The first-order valence-electron chi connectivity index (χ1n) is 6.26. The van der Waals surface area contributed by atoms with E-state index in [4.69, 9.17) is 5.26 Å². The molecule has 0 spiro atoms. The van der Waals surface area contributed by atoms with Gasteiger partial charge in [0.05, 0.1) is 23.7 Å². The highest BCUT2D eigenvalue weighted by Crippen LogP contribution is 2.26. The van der Waals surface area contributed by atoms with Crippen LogP contribution in [0.4, 0.5) is 10.1 Å². The molecular weight excluding hydrogens is 271 g/mol. The fourth-order valence-corrected chi connectivity index (χ4v) is 2.39. The standard InChI is InChI=1S/C16H9FN2O2/c17-12-5-10(9-18)6-13(8-12)19-15(20)7-11-3-1-2-4-14(11)16(19)21/h1-6,8H,7H2. The normalized spacial score (nSPS) is 13.8. The molecular formula is C16H9FN2O2. The molecule has 0 saturated heterocycles. The van der Waals surface area contributed by atoms with E-state index in [1.807, 2.05) is 0 Å². The van der Waals surface area contributed by atoms with Gasteiger partial charge in [-0.2, -0.15) is 5.26 Å². The zero-order chi connectivity index (χ0) is 15.0. The molecule has 0 saturated carbocycles. The molecule has 1 aliphatic heterocycles. The van der Waals surface area contributed by atoms with E-state index in [1.165, 1.54) is 6.07 Å². The van der Waals surface area contributed by atoms with Crippen LogP contribution in [0.5, 0.6) is 0 Å². The molecule has 2 aromatic carbocycles. The second-order valence-corrected chi connectivity index (χ2v) is 4.68. The van der Waals surface area contributed by atoms with Gasteiger partial charge in [0.15, 0.2) is 0 Å². The maximum absolute atomic E-state index is 13.5. The summed E-state index contributed by atoms with van der Waals surface area (Å²) in [7, 11) is 0. The third-order valence-corrected chi connectivity index (χ3v) is 3.31. The van der Waals surface area contributed by atoms with Crippen LogP contribution in [0.25, 0.3) is 0 Å². The summed E-state index contributed by atoms with van der Waals surface area (Å²) in [5, 5.41) is 8.87. The van der Waals surface area contributed by atoms with Crippen molar-refractivity contribution in [1.29, 1.82) is 5.26 Å². The second kappa shape index (κ2) is 4.84. The quantitative estimate of drug-likeness (QED) is 0.754. The van der Waals surface area contributed by atoms with E-state index in [0.29, 0.717) is 11.1 Å². The van der Waals surface area contributed by atoms with Crippen molar-refractivity contribution in [3.8, 4) is 6.07 Å². The molecule has 3 rings (SSSR count). The highest BCUT2D eigenvalue weighted by Gasteiger charge is 2.32. The lowest BCUT2D eigenvalue weighted by Gasteiger charge is -2.26. The minimum absolute atomic E-state index is 0.0597. The van der Waals surface area contributed by atoms with Crippen molar-refractivity contribution >= 4 is 17.5 Å². The number of carbonyl (C=O) groups is 2. The number of amides is 2. The minimum atomic E-state index is -0.663.